The maximum atomic E-state index is 11.4. The smallest absolute Gasteiger partial charge is 0.219 e. The van der Waals surface area contributed by atoms with E-state index in [1.807, 2.05) is 19.1 Å². The number of carbonyl (C=O) groups excluding carboxylic acids is 1. The minimum absolute atomic E-state index is 0.0816. The van der Waals surface area contributed by atoms with Crippen LogP contribution in [0.1, 0.15) is 30.0 Å². The van der Waals surface area contributed by atoms with E-state index in [9.17, 15) is 4.79 Å². The second-order valence-corrected chi connectivity index (χ2v) is 6.51. The Kier molecular flexibility index (Phi) is 5.59. The van der Waals surface area contributed by atoms with Crippen molar-refractivity contribution in [2.75, 3.05) is 13.7 Å². The van der Waals surface area contributed by atoms with Crippen molar-refractivity contribution in [3.05, 3.63) is 59.2 Å². The van der Waals surface area contributed by atoms with Gasteiger partial charge in [0.1, 0.15) is 11.5 Å². The maximum absolute atomic E-state index is 11.4. The van der Waals surface area contributed by atoms with Crippen LogP contribution in [0.3, 0.4) is 0 Å². The van der Waals surface area contributed by atoms with E-state index in [2.05, 4.69) is 35.6 Å². The zero-order valence-electron chi connectivity index (χ0n) is 14.9. The van der Waals surface area contributed by atoms with E-state index in [4.69, 9.17) is 9.47 Å². The summed E-state index contributed by atoms with van der Waals surface area (Å²) < 4.78 is 11.2. The van der Waals surface area contributed by atoms with Crippen LogP contribution in [0.15, 0.2) is 42.5 Å². The molecule has 0 fully saturated rings. The summed E-state index contributed by atoms with van der Waals surface area (Å²) in [6, 6.07) is 14.5. The molecule has 25 heavy (non-hydrogen) atoms. The predicted octanol–water partition coefficient (Wildman–Crippen LogP) is 3.52. The van der Waals surface area contributed by atoms with Crippen molar-refractivity contribution in [1.29, 1.82) is 0 Å². The minimum atomic E-state index is 0.0816. The van der Waals surface area contributed by atoms with Gasteiger partial charge in [-0.3, -0.25) is 4.79 Å². The van der Waals surface area contributed by atoms with Crippen molar-refractivity contribution in [2.24, 2.45) is 5.92 Å². The van der Waals surface area contributed by atoms with Gasteiger partial charge in [-0.25, -0.2) is 0 Å². The van der Waals surface area contributed by atoms with Crippen molar-refractivity contribution < 1.29 is 14.3 Å². The fraction of sp³-hybridized carbons (Fsp3) is 0.381. The molecule has 1 N–H and O–H groups in total. The zero-order valence-corrected chi connectivity index (χ0v) is 14.9. The molecule has 0 aliphatic carbocycles. The Labute approximate surface area is 149 Å². The molecule has 132 valence electrons. The standard InChI is InChI=1S/C21H25NO3/c1-3-21(23)22-13-16-6-4-5-15(9-16)10-17-11-18-7-8-19(24-2)12-20(18)25-14-17/h4-9,12,17H,3,10-11,13-14H2,1-2H3,(H,22,23)/t17-/m0/s1. The highest BCUT2D eigenvalue weighted by Gasteiger charge is 2.20. The third-order valence-electron chi connectivity index (χ3n) is 4.58. The van der Waals surface area contributed by atoms with E-state index >= 15 is 0 Å². The monoisotopic (exact) mass is 339 g/mol. The average molecular weight is 339 g/mol. The van der Waals surface area contributed by atoms with Gasteiger partial charge in [-0.2, -0.15) is 0 Å². The van der Waals surface area contributed by atoms with Gasteiger partial charge in [0, 0.05) is 24.9 Å². The van der Waals surface area contributed by atoms with Gasteiger partial charge in [0.15, 0.2) is 0 Å². The first-order chi connectivity index (χ1) is 12.2. The number of fused-ring (bicyclic) bond motifs is 1. The molecule has 2 aromatic rings. The molecule has 0 aromatic heterocycles. The molecule has 0 unspecified atom stereocenters. The first kappa shape index (κ1) is 17.3. The second-order valence-electron chi connectivity index (χ2n) is 6.51. The highest BCUT2D eigenvalue weighted by molar-refractivity contribution is 5.75. The van der Waals surface area contributed by atoms with Crippen molar-refractivity contribution in [2.45, 2.75) is 32.7 Å². The van der Waals surface area contributed by atoms with E-state index in [-0.39, 0.29) is 5.91 Å². The minimum Gasteiger partial charge on any atom is -0.497 e. The molecule has 1 aliphatic heterocycles. The number of methoxy groups -OCH3 is 1. The average Bonchev–Trinajstić information content (AvgIpc) is 2.66. The Bertz CT molecular complexity index is 742. The lowest BCUT2D eigenvalue weighted by Gasteiger charge is -2.26. The topological polar surface area (TPSA) is 47.6 Å². The molecule has 0 radical (unpaired) electrons. The molecule has 0 saturated carbocycles. The van der Waals surface area contributed by atoms with Gasteiger partial charge >= 0.3 is 0 Å². The summed E-state index contributed by atoms with van der Waals surface area (Å²) in [6.45, 7) is 3.17. The lowest BCUT2D eigenvalue weighted by atomic mass is 9.90. The predicted molar refractivity (Wildman–Crippen MR) is 98.0 cm³/mol. The van der Waals surface area contributed by atoms with E-state index in [1.54, 1.807) is 7.11 Å². The summed E-state index contributed by atoms with van der Waals surface area (Å²) in [6.07, 6.45) is 2.50. The van der Waals surface area contributed by atoms with Crippen LogP contribution in [0.5, 0.6) is 11.5 Å². The number of hydrogen-bond acceptors (Lipinski definition) is 3. The number of hydrogen-bond donors (Lipinski definition) is 1. The number of rotatable bonds is 6. The molecular formula is C21H25NO3. The molecule has 1 aliphatic rings. The Morgan fingerprint density at radius 1 is 1.24 bits per heavy atom. The molecule has 1 heterocycles. The fourth-order valence-electron chi connectivity index (χ4n) is 3.20. The van der Waals surface area contributed by atoms with Crippen molar-refractivity contribution in [3.63, 3.8) is 0 Å². The van der Waals surface area contributed by atoms with Crippen molar-refractivity contribution in [3.8, 4) is 11.5 Å². The van der Waals surface area contributed by atoms with Crippen LogP contribution in [-0.4, -0.2) is 19.6 Å². The number of carbonyl (C=O) groups is 1. The quantitative estimate of drug-likeness (QED) is 0.876. The SMILES string of the molecule is CCC(=O)NCc1cccc(C[C@@H]2COc3cc(OC)ccc3C2)c1. The normalized spacial score (nSPS) is 15.8. The lowest BCUT2D eigenvalue weighted by Crippen LogP contribution is -2.23. The third-order valence-corrected chi connectivity index (χ3v) is 4.58. The molecule has 4 nitrogen and oxygen atoms in total. The van der Waals surface area contributed by atoms with Gasteiger partial charge in [0.25, 0.3) is 0 Å². The van der Waals surface area contributed by atoms with E-state index < -0.39 is 0 Å². The van der Waals surface area contributed by atoms with Gasteiger partial charge in [-0.15, -0.1) is 0 Å². The fourth-order valence-corrected chi connectivity index (χ4v) is 3.20. The summed E-state index contributed by atoms with van der Waals surface area (Å²) in [7, 11) is 1.67. The van der Waals surface area contributed by atoms with Crippen LogP contribution in [0.2, 0.25) is 0 Å². The number of nitrogens with one attached hydrogen (secondary N) is 1. The Morgan fingerprint density at radius 2 is 2.08 bits per heavy atom. The Morgan fingerprint density at radius 3 is 2.88 bits per heavy atom. The molecule has 2 aromatic carbocycles. The van der Waals surface area contributed by atoms with E-state index in [0.717, 1.165) is 36.5 Å². The van der Waals surface area contributed by atoms with Crippen molar-refractivity contribution >= 4 is 5.91 Å². The van der Waals surface area contributed by atoms with Crippen LogP contribution < -0.4 is 14.8 Å². The molecule has 4 heteroatoms. The van der Waals surface area contributed by atoms with Gasteiger partial charge in [0.2, 0.25) is 5.91 Å². The van der Waals surface area contributed by atoms with Gasteiger partial charge in [-0.05, 0) is 35.6 Å². The third kappa shape index (κ3) is 4.53. The van der Waals surface area contributed by atoms with E-state index in [1.165, 1.54) is 11.1 Å². The molecule has 1 atom stereocenters. The van der Waals surface area contributed by atoms with Crippen LogP contribution in [0.25, 0.3) is 0 Å². The number of benzene rings is 2. The summed E-state index contributed by atoms with van der Waals surface area (Å²) in [5.74, 6) is 2.31. The van der Waals surface area contributed by atoms with Crippen LogP contribution >= 0.6 is 0 Å². The Balaban J connectivity index is 1.62. The number of amides is 1. The molecule has 1 amide bonds. The highest BCUT2D eigenvalue weighted by atomic mass is 16.5. The van der Waals surface area contributed by atoms with Crippen LogP contribution in [0.4, 0.5) is 0 Å². The maximum Gasteiger partial charge on any atom is 0.219 e. The molecule has 3 rings (SSSR count). The van der Waals surface area contributed by atoms with Crippen molar-refractivity contribution in [1.82, 2.24) is 5.32 Å². The summed E-state index contributed by atoms with van der Waals surface area (Å²) in [5.41, 5.74) is 3.67. The van der Waals surface area contributed by atoms with Gasteiger partial charge in [-0.1, -0.05) is 37.3 Å². The van der Waals surface area contributed by atoms with Gasteiger partial charge < -0.3 is 14.8 Å². The molecular weight excluding hydrogens is 314 g/mol. The number of ether oxygens (including phenoxy) is 2. The first-order valence-electron chi connectivity index (χ1n) is 8.82. The Hall–Kier alpha value is -2.49. The highest BCUT2D eigenvalue weighted by Crippen LogP contribution is 2.32. The summed E-state index contributed by atoms with van der Waals surface area (Å²) >= 11 is 0. The largest absolute Gasteiger partial charge is 0.497 e. The van der Waals surface area contributed by atoms with E-state index in [0.29, 0.717) is 18.9 Å². The second kappa shape index (κ2) is 8.06. The van der Waals surface area contributed by atoms with Crippen LogP contribution in [0, 0.1) is 5.92 Å². The van der Waals surface area contributed by atoms with Gasteiger partial charge in [0.05, 0.1) is 13.7 Å². The lowest BCUT2D eigenvalue weighted by molar-refractivity contribution is -0.120. The first-order valence-corrected chi connectivity index (χ1v) is 8.82. The zero-order chi connectivity index (χ0) is 17.6. The molecule has 0 spiro atoms. The summed E-state index contributed by atoms with van der Waals surface area (Å²) in [5, 5.41) is 2.93. The summed E-state index contributed by atoms with van der Waals surface area (Å²) in [4.78, 5) is 11.4. The molecule has 0 saturated heterocycles. The van der Waals surface area contributed by atoms with Crippen LogP contribution in [-0.2, 0) is 24.2 Å². The molecule has 0 bridgehead atoms.